The van der Waals surface area contributed by atoms with Gasteiger partial charge in [0.05, 0.1) is 18.8 Å². The van der Waals surface area contributed by atoms with Crippen LogP contribution in [0.2, 0.25) is 0 Å². The lowest BCUT2D eigenvalue weighted by atomic mass is 9.86. The number of halogens is 2. The van der Waals surface area contributed by atoms with Gasteiger partial charge in [0.2, 0.25) is 0 Å². The summed E-state index contributed by atoms with van der Waals surface area (Å²) in [6.45, 7) is 3.10. The Labute approximate surface area is 157 Å². The fraction of sp³-hybridized carbons (Fsp3) is 0.409. The van der Waals surface area contributed by atoms with Gasteiger partial charge in [0.1, 0.15) is 29.2 Å². The Balaban J connectivity index is 1.60. The molecule has 140 valence electrons. The molecular formula is C22H21F2NO2. The number of hydrogen-bond donors (Lipinski definition) is 0. The highest BCUT2D eigenvalue weighted by Gasteiger charge is 2.28. The second-order valence-electron chi connectivity index (χ2n) is 7.41. The van der Waals surface area contributed by atoms with Gasteiger partial charge in [-0.25, -0.2) is 8.78 Å². The first-order chi connectivity index (χ1) is 13.1. The quantitative estimate of drug-likeness (QED) is 0.772. The third-order valence-electron chi connectivity index (χ3n) is 5.48. The van der Waals surface area contributed by atoms with E-state index in [4.69, 9.17) is 14.7 Å². The van der Waals surface area contributed by atoms with E-state index in [0.717, 1.165) is 30.6 Å². The molecule has 4 rings (SSSR count). The smallest absolute Gasteiger partial charge is 0.141 e. The largest absolute Gasteiger partial charge is 0.493 e. The van der Waals surface area contributed by atoms with Gasteiger partial charge in [-0.15, -0.1) is 0 Å². The summed E-state index contributed by atoms with van der Waals surface area (Å²) < 4.78 is 40.4. The van der Waals surface area contributed by atoms with Crippen LogP contribution in [-0.2, 0) is 12.8 Å². The Hall–Kier alpha value is -2.61. The minimum Gasteiger partial charge on any atom is -0.493 e. The summed E-state index contributed by atoms with van der Waals surface area (Å²) in [4.78, 5) is 0. The topological polar surface area (TPSA) is 42.2 Å². The first-order valence-corrected chi connectivity index (χ1v) is 9.39. The van der Waals surface area contributed by atoms with Gasteiger partial charge in [0.25, 0.3) is 0 Å². The van der Waals surface area contributed by atoms with Gasteiger partial charge in [0, 0.05) is 12.0 Å². The Morgan fingerprint density at radius 1 is 1.00 bits per heavy atom. The molecule has 0 aromatic heterocycles. The summed E-state index contributed by atoms with van der Waals surface area (Å²) in [5.41, 5.74) is 2.08. The number of rotatable bonds is 3. The lowest BCUT2D eigenvalue weighted by Crippen LogP contribution is -2.23. The summed E-state index contributed by atoms with van der Waals surface area (Å²) >= 11 is 0. The van der Waals surface area contributed by atoms with E-state index in [9.17, 15) is 8.78 Å². The third kappa shape index (κ3) is 3.37. The Morgan fingerprint density at radius 3 is 2.48 bits per heavy atom. The van der Waals surface area contributed by atoms with Gasteiger partial charge in [-0.3, -0.25) is 0 Å². The summed E-state index contributed by atoms with van der Waals surface area (Å²) in [5, 5.41) is 8.94. The van der Waals surface area contributed by atoms with Gasteiger partial charge in [-0.05, 0) is 60.1 Å². The third-order valence-corrected chi connectivity index (χ3v) is 5.48. The molecule has 0 saturated heterocycles. The molecule has 2 aliphatic rings. The zero-order valence-electron chi connectivity index (χ0n) is 15.2. The van der Waals surface area contributed by atoms with E-state index in [1.54, 1.807) is 12.1 Å². The summed E-state index contributed by atoms with van der Waals surface area (Å²) in [7, 11) is 0. The summed E-state index contributed by atoms with van der Waals surface area (Å²) in [5.74, 6) is 0.635. The van der Waals surface area contributed by atoms with E-state index < -0.39 is 5.82 Å². The molecule has 0 amide bonds. The molecule has 27 heavy (non-hydrogen) atoms. The normalized spacial score (nSPS) is 20.7. The van der Waals surface area contributed by atoms with E-state index in [2.05, 4.69) is 6.92 Å². The number of nitrogens with zero attached hydrogens (tertiary/aromatic N) is 1. The number of ether oxygens (including phenoxy) is 2. The fourth-order valence-electron chi connectivity index (χ4n) is 4.08. The van der Waals surface area contributed by atoms with Gasteiger partial charge >= 0.3 is 0 Å². The predicted molar refractivity (Wildman–Crippen MR) is 97.1 cm³/mol. The van der Waals surface area contributed by atoms with Crippen LogP contribution in [0.5, 0.6) is 11.5 Å². The van der Waals surface area contributed by atoms with Crippen LogP contribution >= 0.6 is 0 Å². The highest BCUT2D eigenvalue weighted by atomic mass is 19.1. The van der Waals surface area contributed by atoms with Crippen LogP contribution in [0, 0.1) is 28.9 Å². The predicted octanol–water partition coefficient (Wildman–Crippen LogP) is 4.91. The van der Waals surface area contributed by atoms with Crippen LogP contribution in [0.4, 0.5) is 8.78 Å². The lowest BCUT2D eigenvalue weighted by Gasteiger charge is -2.29. The van der Waals surface area contributed by atoms with Crippen molar-refractivity contribution >= 4 is 0 Å². The van der Waals surface area contributed by atoms with Crippen molar-refractivity contribution < 1.29 is 18.3 Å². The fourth-order valence-corrected chi connectivity index (χ4v) is 4.08. The lowest BCUT2D eigenvalue weighted by molar-refractivity contribution is 0.211. The highest BCUT2D eigenvalue weighted by Crippen LogP contribution is 2.38. The Kier molecular flexibility index (Phi) is 4.73. The van der Waals surface area contributed by atoms with Crippen molar-refractivity contribution in [2.45, 2.75) is 38.5 Å². The molecule has 2 aromatic rings. The van der Waals surface area contributed by atoms with Crippen molar-refractivity contribution in [2.24, 2.45) is 5.92 Å². The second-order valence-corrected chi connectivity index (χ2v) is 7.41. The minimum absolute atomic E-state index is 0.0396. The number of hydrogen-bond acceptors (Lipinski definition) is 3. The maximum absolute atomic E-state index is 14.8. The molecule has 3 nitrogen and oxygen atoms in total. The molecule has 0 N–H and O–H groups in total. The van der Waals surface area contributed by atoms with Crippen molar-refractivity contribution in [1.82, 2.24) is 0 Å². The molecule has 5 heteroatoms. The minimum atomic E-state index is -0.572. The summed E-state index contributed by atoms with van der Waals surface area (Å²) in [6, 6.07) is 7.92. The summed E-state index contributed by atoms with van der Waals surface area (Å²) in [6.07, 6.45) is 3.47. The molecule has 2 unspecified atom stereocenters. The van der Waals surface area contributed by atoms with E-state index >= 15 is 0 Å². The first-order valence-electron chi connectivity index (χ1n) is 9.39. The van der Waals surface area contributed by atoms with Crippen molar-refractivity contribution in [3.8, 4) is 17.6 Å². The van der Waals surface area contributed by atoms with Crippen LogP contribution in [0.3, 0.4) is 0 Å². The van der Waals surface area contributed by atoms with Gasteiger partial charge in [0.15, 0.2) is 0 Å². The van der Waals surface area contributed by atoms with Crippen molar-refractivity contribution in [2.75, 3.05) is 13.2 Å². The zero-order valence-corrected chi connectivity index (χ0v) is 15.2. The van der Waals surface area contributed by atoms with Crippen LogP contribution < -0.4 is 9.47 Å². The van der Waals surface area contributed by atoms with E-state index in [-0.39, 0.29) is 23.9 Å². The molecule has 2 aromatic carbocycles. The zero-order chi connectivity index (χ0) is 19.0. The van der Waals surface area contributed by atoms with Crippen LogP contribution in [0.15, 0.2) is 24.3 Å². The van der Waals surface area contributed by atoms with E-state index in [0.29, 0.717) is 35.8 Å². The molecule has 0 spiro atoms. The van der Waals surface area contributed by atoms with E-state index in [1.165, 1.54) is 12.1 Å². The molecule has 0 aliphatic carbocycles. The maximum atomic E-state index is 14.8. The second kappa shape index (κ2) is 7.19. The first kappa shape index (κ1) is 17.8. The van der Waals surface area contributed by atoms with Crippen molar-refractivity contribution in [3.05, 3.63) is 58.2 Å². The number of benzene rings is 2. The average Bonchev–Trinajstić information content (AvgIpc) is 2.66. The van der Waals surface area contributed by atoms with Gasteiger partial charge < -0.3 is 9.47 Å². The highest BCUT2D eigenvalue weighted by molar-refractivity contribution is 5.47. The SMILES string of the molecule is CCCC1COc2cc(C3COc4cc(C#N)c(F)cc4C3)c(F)cc2C1. The number of nitriles is 1. The number of fused-ring (bicyclic) bond motifs is 2. The Morgan fingerprint density at radius 2 is 1.70 bits per heavy atom. The standard InChI is InChI=1S/C22H21F2NO2/c1-2-3-13-4-14-7-20(24)18(9-22(14)26-11-13)17-5-15-6-19(23)16(10-25)8-21(15)27-12-17/h6-9,13,17H,2-5,11-12H2,1H3. The average molecular weight is 369 g/mol. The Bertz CT molecular complexity index is 920. The molecule has 2 atom stereocenters. The molecule has 0 saturated carbocycles. The van der Waals surface area contributed by atoms with Crippen LogP contribution in [0.1, 0.15) is 47.9 Å². The molecule has 0 bridgehead atoms. The van der Waals surface area contributed by atoms with Crippen molar-refractivity contribution in [1.29, 1.82) is 5.26 Å². The molecule has 2 heterocycles. The molecule has 0 fully saturated rings. The molecule has 2 aliphatic heterocycles. The van der Waals surface area contributed by atoms with Crippen molar-refractivity contribution in [3.63, 3.8) is 0 Å². The van der Waals surface area contributed by atoms with Crippen LogP contribution in [0.25, 0.3) is 0 Å². The van der Waals surface area contributed by atoms with Gasteiger partial charge in [-0.1, -0.05) is 13.3 Å². The van der Waals surface area contributed by atoms with Gasteiger partial charge in [-0.2, -0.15) is 5.26 Å². The maximum Gasteiger partial charge on any atom is 0.141 e. The van der Waals surface area contributed by atoms with Crippen LogP contribution in [-0.4, -0.2) is 13.2 Å². The molecular weight excluding hydrogens is 348 g/mol. The monoisotopic (exact) mass is 369 g/mol. The molecule has 0 radical (unpaired) electrons. The van der Waals surface area contributed by atoms with E-state index in [1.807, 2.05) is 6.07 Å².